The number of ether oxygens (including phenoxy) is 1. The number of carbonyl (C=O) groups excluding carboxylic acids is 1. The Kier molecular flexibility index (Phi) is 6.48. The molecule has 2 aromatic rings. The molecule has 1 aromatic heterocycles. The lowest BCUT2D eigenvalue weighted by Crippen LogP contribution is -2.40. The van der Waals surface area contributed by atoms with Crippen molar-refractivity contribution in [1.29, 1.82) is 0 Å². The van der Waals surface area contributed by atoms with Crippen molar-refractivity contribution in [1.82, 2.24) is 15.2 Å². The van der Waals surface area contributed by atoms with Crippen LogP contribution in [-0.2, 0) is 11.3 Å². The summed E-state index contributed by atoms with van der Waals surface area (Å²) in [6, 6.07) is 8.59. The van der Waals surface area contributed by atoms with Gasteiger partial charge in [-0.05, 0) is 29.8 Å². The predicted octanol–water partition coefficient (Wildman–Crippen LogP) is 2.88. The van der Waals surface area contributed by atoms with Gasteiger partial charge in [0.2, 0.25) is 5.88 Å². The molecule has 0 fully saturated rings. The maximum absolute atomic E-state index is 12.9. The van der Waals surface area contributed by atoms with Gasteiger partial charge in [0.05, 0.1) is 5.92 Å². The highest BCUT2D eigenvalue weighted by atomic mass is 19.1. The van der Waals surface area contributed by atoms with Crippen molar-refractivity contribution in [3.8, 4) is 11.6 Å². The van der Waals surface area contributed by atoms with Crippen molar-refractivity contribution in [3.63, 3.8) is 0 Å². The molecule has 0 aliphatic carbocycles. The minimum atomic E-state index is -0.953. The van der Waals surface area contributed by atoms with Crippen LogP contribution in [0.25, 0.3) is 0 Å². The first kappa shape index (κ1) is 19.2. The van der Waals surface area contributed by atoms with Crippen LogP contribution in [0.1, 0.15) is 12.5 Å². The highest BCUT2D eigenvalue weighted by molar-refractivity contribution is 5.75. The zero-order chi connectivity index (χ0) is 19.1. The number of aromatic nitrogens is 1. The van der Waals surface area contributed by atoms with Gasteiger partial charge in [-0.2, -0.15) is 0 Å². The molecule has 1 unspecified atom stereocenters. The summed E-state index contributed by atoms with van der Waals surface area (Å²) in [6.45, 7) is 1.90. The number of carboxylic acids is 1. The van der Waals surface area contributed by atoms with Gasteiger partial charge in [0.25, 0.3) is 0 Å². The third-order valence-electron chi connectivity index (χ3n) is 3.59. The molecular formula is C18H20FN3O4. The molecule has 0 radical (unpaired) electrons. The van der Waals surface area contributed by atoms with Crippen LogP contribution in [0.5, 0.6) is 11.6 Å². The van der Waals surface area contributed by atoms with E-state index in [-0.39, 0.29) is 24.9 Å². The smallest absolute Gasteiger partial charge is 0.317 e. The molecule has 1 atom stereocenters. The summed E-state index contributed by atoms with van der Waals surface area (Å²) in [5.41, 5.74) is 0.754. The van der Waals surface area contributed by atoms with Gasteiger partial charge in [0.1, 0.15) is 11.6 Å². The van der Waals surface area contributed by atoms with E-state index < -0.39 is 11.9 Å². The topological polar surface area (TPSA) is 91.8 Å². The number of benzene rings is 1. The summed E-state index contributed by atoms with van der Waals surface area (Å²) in [5.74, 6) is -1.13. The zero-order valence-electron chi connectivity index (χ0n) is 14.5. The van der Waals surface area contributed by atoms with Gasteiger partial charge < -0.3 is 20.1 Å². The molecule has 8 heteroatoms. The van der Waals surface area contributed by atoms with Crippen LogP contribution < -0.4 is 10.1 Å². The van der Waals surface area contributed by atoms with Gasteiger partial charge in [0, 0.05) is 32.4 Å². The summed E-state index contributed by atoms with van der Waals surface area (Å²) < 4.78 is 18.3. The third kappa shape index (κ3) is 5.73. The SMILES string of the molecule is CC(CN(C)C(=O)NCc1ccc(Oc2ccc(F)cc2)nc1)C(=O)O. The molecule has 0 spiro atoms. The molecule has 7 nitrogen and oxygen atoms in total. The second-order valence-corrected chi connectivity index (χ2v) is 5.84. The second-order valence-electron chi connectivity index (χ2n) is 5.84. The number of nitrogens with zero attached hydrogens (tertiary/aromatic N) is 2. The summed E-state index contributed by atoms with van der Waals surface area (Å²) in [6.07, 6.45) is 1.55. The van der Waals surface area contributed by atoms with E-state index in [1.807, 2.05) is 0 Å². The van der Waals surface area contributed by atoms with E-state index in [0.29, 0.717) is 11.6 Å². The largest absolute Gasteiger partial charge is 0.481 e. The molecule has 0 aliphatic rings. The molecule has 2 amide bonds. The lowest BCUT2D eigenvalue weighted by atomic mass is 10.2. The Bertz CT molecular complexity index is 750. The van der Waals surface area contributed by atoms with Gasteiger partial charge in [-0.15, -0.1) is 0 Å². The van der Waals surface area contributed by atoms with Crippen LogP contribution in [0, 0.1) is 11.7 Å². The number of pyridine rings is 1. The number of rotatable bonds is 7. The lowest BCUT2D eigenvalue weighted by Gasteiger charge is -2.20. The van der Waals surface area contributed by atoms with Crippen LogP contribution in [0.15, 0.2) is 42.6 Å². The minimum absolute atomic E-state index is 0.115. The van der Waals surface area contributed by atoms with Crippen LogP contribution >= 0.6 is 0 Å². The van der Waals surface area contributed by atoms with E-state index in [2.05, 4.69) is 10.3 Å². The number of urea groups is 1. The average Bonchev–Trinajstić information content (AvgIpc) is 2.62. The van der Waals surface area contributed by atoms with Gasteiger partial charge in [-0.1, -0.05) is 13.0 Å². The number of carbonyl (C=O) groups is 2. The van der Waals surface area contributed by atoms with E-state index in [1.54, 1.807) is 18.3 Å². The summed E-state index contributed by atoms with van der Waals surface area (Å²) in [7, 11) is 1.53. The zero-order valence-corrected chi connectivity index (χ0v) is 14.5. The summed E-state index contributed by atoms with van der Waals surface area (Å²) in [4.78, 5) is 28.2. The molecule has 1 heterocycles. The van der Waals surface area contributed by atoms with Crippen LogP contribution in [0.4, 0.5) is 9.18 Å². The number of hydrogen-bond donors (Lipinski definition) is 2. The first-order valence-electron chi connectivity index (χ1n) is 7.95. The predicted molar refractivity (Wildman–Crippen MR) is 92.4 cm³/mol. The lowest BCUT2D eigenvalue weighted by molar-refractivity contribution is -0.141. The van der Waals surface area contributed by atoms with Crippen molar-refractivity contribution in [2.75, 3.05) is 13.6 Å². The second kappa shape index (κ2) is 8.80. The Labute approximate surface area is 150 Å². The molecular weight excluding hydrogens is 341 g/mol. The third-order valence-corrected chi connectivity index (χ3v) is 3.59. The summed E-state index contributed by atoms with van der Waals surface area (Å²) in [5, 5.41) is 11.6. The fourth-order valence-electron chi connectivity index (χ4n) is 2.08. The van der Waals surface area contributed by atoms with E-state index in [1.165, 1.54) is 43.1 Å². The minimum Gasteiger partial charge on any atom is -0.481 e. The Morgan fingerprint density at radius 1 is 1.27 bits per heavy atom. The van der Waals surface area contributed by atoms with Crippen LogP contribution in [-0.4, -0.2) is 40.6 Å². The Morgan fingerprint density at radius 2 is 1.96 bits per heavy atom. The monoisotopic (exact) mass is 361 g/mol. The quantitative estimate of drug-likeness (QED) is 0.791. The van der Waals surface area contributed by atoms with E-state index >= 15 is 0 Å². The number of aliphatic carboxylic acids is 1. The van der Waals surface area contributed by atoms with Crippen LogP contribution in [0.3, 0.4) is 0 Å². The molecule has 0 saturated carbocycles. The number of carboxylic acid groups (broad SMARTS) is 1. The molecule has 0 aliphatic heterocycles. The van der Waals surface area contributed by atoms with Gasteiger partial charge in [-0.25, -0.2) is 14.2 Å². The Balaban J connectivity index is 1.84. The molecule has 2 N–H and O–H groups in total. The fourth-order valence-corrected chi connectivity index (χ4v) is 2.08. The maximum atomic E-state index is 12.9. The number of halogens is 1. The highest BCUT2D eigenvalue weighted by Gasteiger charge is 2.17. The number of nitrogens with one attached hydrogen (secondary N) is 1. The van der Waals surface area contributed by atoms with Gasteiger partial charge >= 0.3 is 12.0 Å². The maximum Gasteiger partial charge on any atom is 0.317 e. The standard InChI is InChI=1S/C18H20FN3O4/c1-12(17(23)24)11-22(2)18(25)21-10-13-3-8-16(20-9-13)26-15-6-4-14(19)5-7-15/h3-9,12H,10-11H2,1-2H3,(H,21,25)(H,23,24). The summed E-state index contributed by atoms with van der Waals surface area (Å²) >= 11 is 0. The van der Waals surface area contributed by atoms with Crippen molar-refractivity contribution in [3.05, 3.63) is 54.0 Å². The molecule has 2 rings (SSSR count). The number of hydrogen-bond acceptors (Lipinski definition) is 4. The molecule has 1 aromatic carbocycles. The van der Waals surface area contributed by atoms with E-state index in [4.69, 9.17) is 9.84 Å². The van der Waals surface area contributed by atoms with Crippen molar-refractivity contribution >= 4 is 12.0 Å². The average molecular weight is 361 g/mol. The van der Waals surface area contributed by atoms with E-state index in [9.17, 15) is 14.0 Å². The fraction of sp³-hybridized carbons (Fsp3) is 0.278. The number of amides is 2. The first-order chi connectivity index (χ1) is 12.3. The highest BCUT2D eigenvalue weighted by Crippen LogP contribution is 2.19. The van der Waals surface area contributed by atoms with Crippen molar-refractivity contribution in [2.24, 2.45) is 5.92 Å². The van der Waals surface area contributed by atoms with Crippen LogP contribution in [0.2, 0.25) is 0 Å². The Morgan fingerprint density at radius 3 is 2.54 bits per heavy atom. The first-order valence-corrected chi connectivity index (χ1v) is 7.95. The normalized spacial score (nSPS) is 11.5. The molecule has 138 valence electrons. The van der Waals surface area contributed by atoms with Crippen molar-refractivity contribution < 1.29 is 23.8 Å². The van der Waals surface area contributed by atoms with E-state index in [0.717, 1.165) is 5.56 Å². The Hall–Kier alpha value is -3.16. The van der Waals surface area contributed by atoms with Gasteiger partial charge in [-0.3, -0.25) is 4.79 Å². The van der Waals surface area contributed by atoms with Crippen molar-refractivity contribution in [2.45, 2.75) is 13.5 Å². The van der Waals surface area contributed by atoms with Gasteiger partial charge in [0.15, 0.2) is 0 Å². The molecule has 0 saturated heterocycles. The molecule has 0 bridgehead atoms. The molecule has 26 heavy (non-hydrogen) atoms.